The van der Waals surface area contributed by atoms with Crippen LogP contribution in [0.15, 0.2) is 34.5 Å². The highest BCUT2D eigenvalue weighted by atomic mass is 16.3. The second-order valence-electron chi connectivity index (χ2n) is 3.74. The Morgan fingerprint density at radius 1 is 1.44 bits per heavy atom. The predicted molar refractivity (Wildman–Crippen MR) is 68.0 cm³/mol. The van der Waals surface area contributed by atoms with Gasteiger partial charge in [0.1, 0.15) is 0 Å². The first kappa shape index (κ1) is 12.3. The van der Waals surface area contributed by atoms with Crippen LogP contribution in [0.1, 0.15) is 6.92 Å². The maximum atomic E-state index is 11.3. The van der Waals surface area contributed by atoms with Gasteiger partial charge >= 0.3 is 0 Å². The van der Waals surface area contributed by atoms with Gasteiger partial charge in [-0.25, -0.2) is 0 Å². The Hall–Kier alpha value is -2.21. The van der Waals surface area contributed by atoms with Crippen LogP contribution in [0.4, 0.5) is 5.69 Å². The molecular weight excluding hydrogens is 232 g/mol. The van der Waals surface area contributed by atoms with Crippen LogP contribution >= 0.6 is 0 Å². The van der Waals surface area contributed by atoms with E-state index in [1.165, 1.54) is 0 Å². The molecule has 1 heterocycles. The predicted octanol–water partition coefficient (Wildman–Crippen LogP) is 2.09. The van der Waals surface area contributed by atoms with Crippen LogP contribution < -0.4 is 5.32 Å². The maximum absolute atomic E-state index is 11.3. The Kier molecular flexibility index (Phi) is 3.69. The third kappa shape index (κ3) is 2.54. The number of azo groups is 1. The summed E-state index contributed by atoms with van der Waals surface area (Å²) in [5.41, 5.74) is 1.04. The summed E-state index contributed by atoms with van der Waals surface area (Å²) in [4.78, 5) is 14.1. The van der Waals surface area contributed by atoms with Crippen molar-refractivity contribution in [2.45, 2.75) is 6.92 Å². The third-order valence-corrected chi connectivity index (χ3v) is 2.45. The number of nitrogens with zero attached hydrogens (tertiary/aromatic N) is 2. The first-order valence-electron chi connectivity index (χ1n) is 5.67. The summed E-state index contributed by atoms with van der Waals surface area (Å²) in [6, 6.07) is 7.29. The number of benzene rings is 1. The molecule has 0 aliphatic heterocycles. The summed E-state index contributed by atoms with van der Waals surface area (Å²) < 4.78 is 0. The number of aromatic hydroxyl groups is 1. The van der Waals surface area contributed by atoms with Gasteiger partial charge in [0.15, 0.2) is 5.69 Å². The van der Waals surface area contributed by atoms with E-state index < -0.39 is 0 Å². The third-order valence-electron chi connectivity index (χ3n) is 2.45. The Morgan fingerprint density at radius 2 is 2.22 bits per heavy atom. The van der Waals surface area contributed by atoms with E-state index in [0.717, 1.165) is 10.9 Å². The monoisotopic (exact) mass is 246 g/mol. The molecule has 1 aromatic carbocycles. The van der Waals surface area contributed by atoms with Crippen LogP contribution in [0.5, 0.6) is 5.88 Å². The van der Waals surface area contributed by atoms with Gasteiger partial charge in [0.05, 0.1) is 12.1 Å². The molecule has 1 amide bonds. The minimum absolute atomic E-state index is 0.0869. The summed E-state index contributed by atoms with van der Waals surface area (Å²) in [5, 5.41) is 20.6. The Balaban J connectivity index is 2.23. The lowest BCUT2D eigenvalue weighted by Gasteiger charge is -1.94. The molecule has 0 spiro atoms. The van der Waals surface area contributed by atoms with Gasteiger partial charge in [0.2, 0.25) is 5.88 Å². The largest absolute Gasteiger partial charge is 0.493 e. The van der Waals surface area contributed by atoms with Crippen molar-refractivity contribution in [2.24, 2.45) is 10.2 Å². The Labute approximate surface area is 104 Å². The molecule has 6 nitrogen and oxygen atoms in total. The van der Waals surface area contributed by atoms with E-state index in [4.69, 9.17) is 0 Å². The summed E-state index contributed by atoms with van der Waals surface area (Å²) in [6.45, 7) is 2.73. The molecule has 0 radical (unpaired) electrons. The molecule has 0 fully saturated rings. The maximum Gasteiger partial charge on any atom is 0.278 e. The number of para-hydroxylation sites is 1. The van der Waals surface area contributed by atoms with Gasteiger partial charge in [0.25, 0.3) is 5.91 Å². The number of aromatic nitrogens is 1. The van der Waals surface area contributed by atoms with Crippen LogP contribution in [-0.2, 0) is 4.79 Å². The lowest BCUT2D eigenvalue weighted by molar-refractivity contribution is -0.117. The molecule has 0 saturated carbocycles. The Morgan fingerprint density at radius 3 is 3.00 bits per heavy atom. The average molecular weight is 246 g/mol. The van der Waals surface area contributed by atoms with Gasteiger partial charge in [0, 0.05) is 5.39 Å². The molecule has 94 valence electrons. The van der Waals surface area contributed by atoms with Crippen molar-refractivity contribution in [3.05, 3.63) is 24.3 Å². The van der Waals surface area contributed by atoms with E-state index in [1.54, 1.807) is 6.07 Å². The summed E-state index contributed by atoms with van der Waals surface area (Å²) in [7, 11) is 0. The highest BCUT2D eigenvalue weighted by Gasteiger charge is 2.09. The van der Waals surface area contributed by atoms with Crippen molar-refractivity contribution in [2.75, 3.05) is 13.1 Å². The smallest absolute Gasteiger partial charge is 0.278 e. The topological polar surface area (TPSA) is 89.8 Å². The molecule has 0 bridgehead atoms. The van der Waals surface area contributed by atoms with Gasteiger partial charge in [-0.05, 0) is 12.6 Å². The van der Waals surface area contributed by atoms with E-state index >= 15 is 0 Å². The molecule has 6 heteroatoms. The second-order valence-corrected chi connectivity index (χ2v) is 3.74. The average Bonchev–Trinajstić information content (AvgIpc) is 2.69. The molecule has 0 aliphatic rings. The molecule has 3 N–H and O–H groups in total. The normalized spacial score (nSPS) is 11.4. The molecule has 0 aliphatic carbocycles. The van der Waals surface area contributed by atoms with Gasteiger partial charge < -0.3 is 15.4 Å². The second kappa shape index (κ2) is 5.42. The van der Waals surface area contributed by atoms with Crippen molar-refractivity contribution in [3.8, 4) is 5.88 Å². The molecule has 0 atom stereocenters. The zero-order valence-electron chi connectivity index (χ0n) is 9.97. The van der Waals surface area contributed by atoms with Crippen LogP contribution in [0.2, 0.25) is 0 Å². The van der Waals surface area contributed by atoms with Crippen molar-refractivity contribution in [1.82, 2.24) is 10.3 Å². The number of fused-ring (bicyclic) bond motifs is 1. The van der Waals surface area contributed by atoms with Crippen molar-refractivity contribution in [1.29, 1.82) is 0 Å². The minimum Gasteiger partial charge on any atom is -0.493 e. The Bertz CT molecular complexity index is 589. The fourth-order valence-corrected chi connectivity index (χ4v) is 1.59. The number of carbonyl (C=O) groups excluding carboxylic acids is 1. The number of carbonyl (C=O) groups is 1. The van der Waals surface area contributed by atoms with Crippen LogP contribution in [0.3, 0.4) is 0 Å². The quantitative estimate of drug-likeness (QED) is 0.721. The summed E-state index contributed by atoms with van der Waals surface area (Å²) in [6.07, 6.45) is 0. The van der Waals surface area contributed by atoms with Crippen molar-refractivity contribution < 1.29 is 9.90 Å². The van der Waals surface area contributed by atoms with Crippen LogP contribution in [0.25, 0.3) is 10.9 Å². The number of likely N-dealkylation sites (N-methyl/N-ethyl adjacent to an activating group) is 1. The number of aromatic amines is 1. The molecule has 0 saturated heterocycles. The van der Waals surface area contributed by atoms with Gasteiger partial charge in [-0.3, -0.25) is 4.79 Å². The molecule has 2 aromatic rings. The van der Waals surface area contributed by atoms with E-state index in [0.29, 0.717) is 6.54 Å². The molecule has 2 rings (SSSR count). The summed E-state index contributed by atoms with van der Waals surface area (Å²) >= 11 is 0. The number of amides is 1. The zero-order chi connectivity index (χ0) is 13.0. The number of rotatable bonds is 4. The highest BCUT2D eigenvalue weighted by molar-refractivity contribution is 5.94. The zero-order valence-corrected chi connectivity index (χ0v) is 9.97. The number of nitrogens with one attached hydrogen (secondary N) is 2. The van der Waals surface area contributed by atoms with Gasteiger partial charge in [-0.15, -0.1) is 10.2 Å². The SMILES string of the molecule is CCNCC(=O)N=Nc1c(O)[nH]c2ccccc12. The molecular formula is C12H14N4O2. The van der Waals surface area contributed by atoms with E-state index in [9.17, 15) is 9.90 Å². The summed E-state index contributed by atoms with van der Waals surface area (Å²) in [5.74, 6) is -0.460. The number of hydrogen-bond acceptors (Lipinski definition) is 4. The van der Waals surface area contributed by atoms with E-state index in [2.05, 4.69) is 20.5 Å². The molecule has 18 heavy (non-hydrogen) atoms. The number of H-pyrrole nitrogens is 1. The van der Waals surface area contributed by atoms with Crippen molar-refractivity contribution >= 4 is 22.5 Å². The van der Waals surface area contributed by atoms with Crippen molar-refractivity contribution in [3.63, 3.8) is 0 Å². The lowest BCUT2D eigenvalue weighted by atomic mass is 10.2. The minimum atomic E-state index is -0.374. The molecule has 0 unspecified atom stereocenters. The fourth-order valence-electron chi connectivity index (χ4n) is 1.59. The van der Waals surface area contributed by atoms with Crippen LogP contribution in [-0.4, -0.2) is 29.1 Å². The number of hydrogen-bond donors (Lipinski definition) is 3. The van der Waals surface area contributed by atoms with E-state index in [-0.39, 0.29) is 24.0 Å². The first-order valence-corrected chi connectivity index (χ1v) is 5.67. The standard InChI is InChI=1S/C12H14N4O2/c1-2-13-7-10(17)15-16-11-8-5-3-4-6-9(8)14-12(11)18/h3-6,13-14,18H,2,7H2,1H3. The van der Waals surface area contributed by atoms with Crippen LogP contribution in [0, 0.1) is 0 Å². The first-order chi connectivity index (χ1) is 8.72. The van der Waals surface area contributed by atoms with Gasteiger partial charge in [-0.2, -0.15) is 0 Å². The fraction of sp³-hybridized carbons (Fsp3) is 0.250. The van der Waals surface area contributed by atoms with E-state index in [1.807, 2.05) is 25.1 Å². The highest BCUT2D eigenvalue weighted by Crippen LogP contribution is 2.34. The molecule has 1 aromatic heterocycles. The van der Waals surface area contributed by atoms with Gasteiger partial charge in [-0.1, -0.05) is 25.1 Å². The lowest BCUT2D eigenvalue weighted by Crippen LogP contribution is -2.20.